The van der Waals surface area contributed by atoms with Gasteiger partial charge in [0.15, 0.2) is 5.82 Å². The molecule has 0 unspecified atom stereocenters. The summed E-state index contributed by atoms with van der Waals surface area (Å²) in [5, 5.41) is 13.5. The summed E-state index contributed by atoms with van der Waals surface area (Å²) in [6.07, 6.45) is 0. The van der Waals surface area contributed by atoms with Gasteiger partial charge in [0.2, 0.25) is 0 Å². The van der Waals surface area contributed by atoms with Crippen LogP contribution in [0.5, 0.6) is 0 Å². The maximum absolute atomic E-state index is 13.6. The summed E-state index contributed by atoms with van der Waals surface area (Å²) in [4.78, 5) is 14.3. The van der Waals surface area contributed by atoms with Crippen molar-refractivity contribution >= 4 is 27.3 Å². The Morgan fingerprint density at radius 2 is 2.05 bits per heavy atom. The molecule has 1 heterocycles. The number of nitrogens with one attached hydrogen (secondary N) is 1. The maximum Gasteiger partial charge on any atom is 0.295 e. The fraction of sp³-hybridized carbons (Fsp3) is 0.0833. The first-order valence-electron chi connectivity index (χ1n) is 5.36. The van der Waals surface area contributed by atoms with Crippen LogP contribution in [0.2, 0.25) is 0 Å². The molecule has 1 aromatic carbocycles. The van der Waals surface area contributed by atoms with E-state index in [0.717, 1.165) is 0 Å². The molecular formula is C12H9BrFN3O2. The van der Waals surface area contributed by atoms with Crippen molar-refractivity contribution in [3.63, 3.8) is 0 Å². The number of benzene rings is 1. The second-order valence-corrected chi connectivity index (χ2v) is 4.51. The minimum Gasteiger partial charge on any atom is -0.371 e. The molecule has 2 rings (SSSR count). The van der Waals surface area contributed by atoms with Crippen LogP contribution in [0, 0.1) is 15.9 Å². The average Bonchev–Trinajstić information content (AvgIpc) is 2.37. The second-order valence-electron chi connectivity index (χ2n) is 3.70. The Balaban J connectivity index is 2.22. The van der Waals surface area contributed by atoms with E-state index in [1.165, 1.54) is 18.2 Å². The van der Waals surface area contributed by atoms with Crippen molar-refractivity contribution in [1.29, 1.82) is 0 Å². The van der Waals surface area contributed by atoms with E-state index >= 15 is 0 Å². The lowest BCUT2D eigenvalue weighted by atomic mass is 10.2. The zero-order valence-corrected chi connectivity index (χ0v) is 11.2. The van der Waals surface area contributed by atoms with E-state index in [0.29, 0.717) is 10.3 Å². The molecule has 0 saturated carbocycles. The molecule has 1 N–H and O–H groups in total. The predicted octanol–water partition coefficient (Wildman–Crippen LogP) is 3.50. The Morgan fingerprint density at radius 3 is 2.74 bits per heavy atom. The number of halogens is 2. The second kappa shape index (κ2) is 5.75. The van der Waals surface area contributed by atoms with Crippen molar-refractivity contribution in [3.05, 3.63) is 62.6 Å². The van der Waals surface area contributed by atoms with E-state index < -0.39 is 10.7 Å². The Kier molecular flexibility index (Phi) is 4.06. The van der Waals surface area contributed by atoms with Crippen molar-refractivity contribution in [2.75, 3.05) is 5.32 Å². The molecule has 0 atom stereocenters. The van der Waals surface area contributed by atoms with Crippen molar-refractivity contribution < 1.29 is 9.31 Å². The summed E-state index contributed by atoms with van der Waals surface area (Å²) in [6, 6.07) is 9.00. The first kappa shape index (κ1) is 13.4. The maximum atomic E-state index is 13.6. The first-order chi connectivity index (χ1) is 9.08. The number of aromatic nitrogens is 1. The lowest BCUT2D eigenvalue weighted by Crippen LogP contribution is -2.06. The molecule has 0 saturated heterocycles. The quantitative estimate of drug-likeness (QED) is 0.530. The minimum absolute atomic E-state index is 0.130. The summed E-state index contributed by atoms with van der Waals surface area (Å²) in [5.74, 6) is -0.663. The largest absolute Gasteiger partial charge is 0.371 e. The molecule has 0 aliphatic rings. The fourth-order valence-corrected chi connectivity index (χ4v) is 1.95. The predicted molar refractivity (Wildman–Crippen MR) is 72.3 cm³/mol. The van der Waals surface area contributed by atoms with Gasteiger partial charge in [0, 0.05) is 6.07 Å². The number of nitro groups is 1. The number of nitro benzene ring substituents is 1. The Morgan fingerprint density at radius 1 is 1.32 bits per heavy atom. The van der Waals surface area contributed by atoms with Gasteiger partial charge in [-0.15, -0.1) is 0 Å². The normalized spacial score (nSPS) is 10.2. The number of para-hydroxylation sites is 1. The lowest BCUT2D eigenvalue weighted by molar-refractivity contribution is -0.384. The molecular weight excluding hydrogens is 317 g/mol. The molecule has 98 valence electrons. The smallest absolute Gasteiger partial charge is 0.295 e. The third kappa shape index (κ3) is 3.25. The van der Waals surface area contributed by atoms with Crippen LogP contribution in [0.4, 0.5) is 15.8 Å². The van der Waals surface area contributed by atoms with Crippen LogP contribution >= 0.6 is 15.9 Å². The summed E-state index contributed by atoms with van der Waals surface area (Å²) in [5.41, 5.74) is 0.219. The molecule has 0 aliphatic carbocycles. The number of pyridine rings is 1. The number of hydrogen-bond donors (Lipinski definition) is 1. The van der Waals surface area contributed by atoms with Crippen molar-refractivity contribution in [3.8, 4) is 0 Å². The van der Waals surface area contributed by atoms with Crippen molar-refractivity contribution in [2.45, 2.75) is 6.54 Å². The van der Waals surface area contributed by atoms with Crippen LogP contribution in [0.25, 0.3) is 0 Å². The van der Waals surface area contributed by atoms with Crippen LogP contribution in [-0.4, -0.2) is 9.91 Å². The molecule has 2 aromatic rings. The number of anilines is 1. The minimum atomic E-state index is -0.663. The SMILES string of the molecule is O=[N+]([O-])c1cccc(F)c1NCc1cccc(Br)n1. The van der Waals surface area contributed by atoms with Crippen LogP contribution in [0.1, 0.15) is 5.69 Å². The van der Waals surface area contributed by atoms with E-state index in [1.807, 2.05) is 0 Å². The van der Waals surface area contributed by atoms with Gasteiger partial charge in [0.1, 0.15) is 10.3 Å². The Labute approximate surface area is 116 Å². The molecule has 0 spiro atoms. The van der Waals surface area contributed by atoms with Crippen molar-refractivity contribution in [2.24, 2.45) is 0 Å². The zero-order chi connectivity index (χ0) is 13.8. The van der Waals surface area contributed by atoms with Gasteiger partial charge in [-0.1, -0.05) is 12.1 Å². The highest BCUT2D eigenvalue weighted by atomic mass is 79.9. The zero-order valence-electron chi connectivity index (χ0n) is 9.64. The molecule has 0 aliphatic heterocycles. The average molecular weight is 326 g/mol. The first-order valence-corrected chi connectivity index (χ1v) is 6.15. The van der Waals surface area contributed by atoms with Gasteiger partial charge in [-0.3, -0.25) is 10.1 Å². The van der Waals surface area contributed by atoms with Crippen LogP contribution in [0.3, 0.4) is 0 Å². The standard InChI is InChI=1S/C12H9BrFN3O2/c13-11-6-1-3-8(16-11)7-15-12-9(14)4-2-5-10(12)17(18)19/h1-6,15H,7H2. The van der Waals surface area contributed by atoms with Crippen LogP contribution in [0.15, 0.2) is 41.0 Å². The molecule has 0 radical (unpaired) electrons. The fourth-order valence-electron chi connectivity index (χ4n) is 1.57. The summed E-state index contributed by atoms with van der Waals surface area (Å²) in [7, 11) is 0. The van der Waals surface area contributed by atoms with Gasteiger partial charge in [-0.25, -0.2) is 9.37 Å². The monoisotopic (exact) mass is 325 g/mol. The van der Waals surface area contributed by atoms with E-state index in [1.54, 1.807) is 18.2 Å². The molecule has 0 amide bonds. The summed E-state index contributed by atoms with van der Waals surface area (Å²) < 4.78 is 14.2. The van der Waals surface area contributed by atoms with Gasteiger partial charge in [0.25, 0.3) is 5.69 Å². The summed E-state index contributed by atoms with van der Waals surface area (Å²) >= 11 is 3.22. The Bertz CT molecular complexity index is 622. The van der Waals surface area contributed by atoms with Crippen LogP contribution in [-0.2, 0) is 6.54 Å². The van der Waals surface area contributed by atoms with E-state index in [-0.39, 0.29) is 17.9 Å². The van der Waals surface area contributed by atoms with Gasteiger partial charge in [0.05, 0.1) is 17.2 Å². The van der Waals surface area contributed by atoms with Gasteiger partial charge in [-0.05, 0) is 34.1 Å². The number of nitrogens with zero attached hydrogens (tertiary/aromatic N) is 2. The third-order valence-corrected chi connectivity index (χ3v) is 2.85. The Hall–Kier alpha value is -2.02. The van der Waals surface area contributed by atoms with Gasteiger partial charge in [-0.2, -0.15) is 0 Å². The highest BCUT2D eigenvalue weighted by Crippen LogP contribution is 2.27. The molecule has 19 heavy (non-hydrogen) atoms. The highest BCUT2D eigenvalue weighted by molar-refractivity contribution is 9.10. The summed E-state index contributed by atoms with van der Waals surface area (Å²) in [6.45, 7) is 0.196. The highest BCUT2D eigenvalue weighted by Gasteiger charge is 2.17. The third-order valence-electron chi connectivity index (χ3n) is 2.41. The van der Waals surface area contributed by atoms with E-state index in [9.17, 15) is 14.5 Å². The molecule has 0 fully saturated rings. The molecule has 0 bridgehead atoms. The topological polar surface area (TPSA) is 68.1 Å². The van der Waals surface area contributed by atoms with E-state index in [2.05, 4.69) is 26.2 Å². The lowest BCUT2D eigenvalue weighted by Gasteiger charge is -2.07. The van der Waals surface area contributed by atoms with Crippen molar-refractivity contribution in [1.82, 2.24) is 4.98 Å². The number of rotatable bonds is 4. The van der Waals surface area contributed by atoms with E-state index in [4.69, 9.17) is 0 Å². The van der Waals surface area contributed by atoms with Crippen LogP contribution < -0.4 is 5.32 Å². The molecule has 5 nitrogen and oxygen atoms in total. The molecule has 7 heteroatoms. The van der Waals surface area contributed by atoms with Gasteiger partial charge >= 0.3 is 0 Å². The number of hydrogen-bond acceptors (Lipinski definition) is 4. The molecule has 1 aromatic heterocycles. The van der Waals surface area contributed by atoms with Gasteiger partial charge < -0.3 is 5.32 Å².